The van der Waals surface area contributed by atoms with Gasteiger partial charge in [-0.3, -0.25) is 9.88 Å². The highest BCUT2D eigenvalue weighted by Crippen LogP contribution is 2.80. The van der Waals surface area contributed by atoms with E-state index >= 15 is 0 Å². The Labute approximate surface area is 223 Å². The number of aromatic nitrogens is 1. The quantitative estimate of drug-likeness (QED) is 0.574. The second-order valence-electron chi connectivity index (χ2n) is 13.9. The first-order chi connectivity index (χ1) is 18.3. The highest BCUT2D eigenvalue weighted by molar-refractivity contribution is 5.82. The Kier molecular flexibility index (Phi) is 4.16. The summed E-state index contributed by atoms with van der Waals surface area (Å²) in [7, 11) is 0. The predicted molar refractivity (Wildman–Crippen MR) is 144 cm³/mol. The summed E-state index contributed by atoms with van der Waals surface area (Å²) in [6.45, 7) is 4.11. The second kappa shape index (κ2) is 6.97. The largest absolute Gasteiger partial charge is 0.388 e. The zero-order valence-corrected chi connectivity index (χ0v) is 22.0. The fraction of sp³-hybridized carbons (Fsp3) is 0.594. The number of aliphatic hydroxyl groups is 2. The van der Waals surface area contributed by atoms with Crippen molar-refractivity contribution in [3.63, 3.8) is 0 Å². The van der Waals surface area contributed by atoms with Crippen LogP contribution in [0.3, 0.4) is 0 Å². The Morgan fingerprint density at radius 1 is 1.11 bits per heavy atom. The zero-order valence-electron chi connectivity index (χ0n) is 22.0. The number of nitrogens with two attached hydrogens (primary N) is 1. The van der Waals surface area contributed by atoms with Gasteiger partial charge in [0.05, 0.1) is 17.3 Å². The maximum atomic E-state index is 11.4. The topological polar surface area (TPSA) is 91.8 Å². The molecule has 4 aliphatic carbocycles. The minimum Gasteiger partial charge on any atom is -0.388 e. The van der Waals surface area contributed by atoms with Crippen LogP contribution in [0.25, 0.3) is 10.8 Å². The maximum Gasteiger partial charge on any atom is 0.105 e. The fourth-order valence-electron chi connectivity index (χ4n) is 10.5. The van der Waals surface area contributed by atoms with Crippen molar-refractivity contribution in [2.75, 3.05) is 13.1 Å². The van der Waals surface area contributed by atoms with Crippen molar-refractivity contribution < 1.29 is 14.9 Å². The maximum absolute atomic E-state index is 11.4. The Bertz CT molecular complexity index is 1450. The number of rotatable bonds is 2. The molecule has 7 aliphatic rings. The van der Waals surface area contributed by atoms with Crippen LogP contribution in [-0.2, 0) is 10.2 Å². The first kappa shape index (κ1) is 22.7. The molecular weight excluding hydrogens is 474 g/mol. The first-order valence-corrected chi connectivity index (χ1v) is 14.6. The molecule has 2 saturated heterocycles. The van der Waals surface area contributed by atoms with Gasteiger partial charge < -0.3 is 20.7 Å². The number of hydrogen-bond donors (Lipinski definition) is 3. The number of benzene rings is 1. The molecule has 0 radical (unpaired) electrons. The first-order valence-electron chi connectivity index (χ1n) is 14.6. The molecule has 9 atom stereocenters. The van der Waals surface area contributed by atoms with Crippen LogP contribution in [0.1, 0.15) is 51.0 Å². The van der Waals surface area contributed by atoms with Gasteiger partial charge in [-0.1, -0.05) is 31.2 Å². The molecule has 9 rings (SSSR count). The van der Waals surface area contributed by atoms with Gasteiger partial charge in [0, 0.05) is 48.4 Å². The summed E-state index contributed by atoms with van der Waals surface area (Å²) in [6, 6.07) is 9.23. The Morgan fingerprint density at radius 2 is 1.97 bits per heavy atom. The highest BCUT2D eigenvalue weighted by Gasteiger charge is 2.78. The highest BCUT2D eigenvalue weighted by atomic mass is 16.5. The predicted octanol–water partition coefficient (Wildman–Crippen LogP) is 3.21. The van der Waals surface area contributed by atoms with Crippen LogP contribution >= 0.6 is 0 Å². The lowest BCUT2D eigenvalue weighted by molar-refractivity contribution is -0.175. The van der Waals surface area contributed by atoms with Crippen molar-refractivity contribution in [2.45, 2.75) is 86.4 Å². The average molecular weight is 512 g/mol. The summed E-state index contributed by atoms with van der Waals surface area (Å²) in [5.41, 5.74) is 9.30. The number of hydrogen-bond acceptors (Lipinski definition) is 6. The number of fused-ring (bicyclic) bond motifs is 4. The van der Waals surface area contributed by atoms with Gasteiger partial charge in [-0.2, -0.15) is 0 Å². The van der Waals surface area contributed by atoms with Crippen molar-refractivity contribution in [2.24, 2.45) is 23.0 Å². The van der Waals surface area contributed by atoms with Gasteiger partial charge in [-0.05, 0) is 90.0 Å². The number of nitrogens with zero attached hydrogens (tertiary/aromatic N) is 2. The van der Waals surface area contributed by atoms with E-state index in [1.807, 2.05) is 12.4 Å². The number of likely N-dealkylation sites (tertiary alicyclic amines) is 1. The molecule has 4 N–H and O–H groups in total. The second-order valence-corrected chi connectivity index (χ2v) is 13.9. The van der Waals surface area contributed by atoms with Crippen LogP contribution in [0.2, 0.25) is 0 Å². The van der Waals surface area contributed by atoms with Gasteiger partial charge in [-0.25, -0.2) is 0 Å². The lowest BCUT2D eigenvalue weighted by Gasteiger charge is -2.58. The van der Waals surface area contributed by atoms with Crippen LogP contribution in [0.4, 0.5) is 0 Å². The smallest absolute Gasteiger partial charge is 0.105 e. The monoisotopic (exact) mass is 511 g/mol. The molecule has 2 bridgehead atoms. The number of allylic oxidation sites excluding steroid dienone is 1. The Hall–Kier alpha value is -2.09. The molecule has 38 heavy (non-hydrogen) atoms. The third kappa shape index (κ3) is 2.47. The third-order valence-electron chi connectivity index (χ3n) is 12.5. The van der Waals surface area contributed by atoms with Crippen molar-refractivity contribution >= 4 is 10.8 Å². The molecule has 1 aromatic carbocycles. The van der Waals surface area contributed by atoms with Gasteiger partial charge in [0.25, 0.3) is 0 Å². The van der Waals surface area contributed by atoms with Crippen LogP contribution in [-0.4, -0.2) is 68.7 Å². The van der Waals surface area contributed by atoms with E-state index in [4.69, 9.17) is 10.5 Å². The standard InChI is InChI=1S/C32H37N3O3/c1-29-6-4-21-11-24-27(36)28(37)25(35-16-23(33)17-35)14-30(24)7-8-32(21,38-30)26(29)12-22-13-31(22,29)20-3-2-18-5-9-34-15-19(18)10-20/h2-5,9-11,15,22-23,25-28,36-37H,6-8,12-14,16-17,33H2,1H3/t22-,25-,26+,27+,28-,29-,30+,31-,32?/m0/s1. The van der Waals surface area contributed by atoms with Gasteiger partial charge in [0.1, 0.15) is 6.10 Å². The summed E-state index contributed by atoms with van der Waals surface area (Å²) in [4.78, 5) is 6.65. The van der Waals surface area contributed by atoms with E-state index in [1.165, 1.54) is 34.8 Å². The zero-order chi connectivity index (χ0) is 25.7. The molecular formula is C32H37N3O3. The van der Waals surface area contributed by atoms with Gasteiger partial charge in [0.2, 0.25) is 0 Å². The number of ether oxygens (including phenoxy) is 1. The van der Waals surface area contributed by atoms with Crippen molar-refractivity contribution in [3.05, 3.63) is 65.5 Å². The normalized spacial score (nSPS) is 48.9. The molecule has 0 amide bonds. The molecule has 198 valence electrons. The van der Waals surface area contributed by atoms with E-state index in [1.54, 1.807) is 0 Å². The molecule has 2 aromatic rings. The summed E-state index contributed by atoms with van der Waals surface area (Å²) in [5, 5.41) is 25.0. The number of pyridine rings is 1. The SMILES string of the molecule is C[C@]12CC=C3C=C4[C@@H](O)[C@@H](O)[C@@H](N5CC(N)C5)C[C@]45CCC3(O5)[C@@H]1C[C@H]1C[C@]12c1ccc2ccncc2c1. The molecule has 5 fully saturated rings. The Morgan fingerprint density at radius 3 is 2.82 bits per heavy atom. The van der Waals surface area contributed by atoms with Crippen LogP contribution in [0.5, 0.6) is 0 Å². The molecule has 4 heterocycles. The van der Waals surface area contributed by atoms with Crippen molar-refractivity contribution in [1.29, 1.82) is 0 Å². The fourth-order valence-corrected chi connectivity index (χ4v) is 10.5. The van der Waals surface area contributed by atoms with Gasteiger partial charge >= 0.3 is 0 Å². The molecule has 6 nitrogen and oxygen atoms in total. The molecule has 6 heteroatoms. The summed E-state index contributed by atoms with van der Waals surface area (Å²) < 4.78 is 7.40. The summed E-state index contributed by atoms with van der Waals surface area (Å²) >= 11 is 0. The van der Waals surface area contributed by atoms with Crippen molar-refractivity contribution in [3.8, 4) is 0 Å². The van der Waals surface area contributed by atoms with Crippen molar-refractivity contribution in [1.82, 2.24) is 9.88 Å². The molecule has 3 saturated carbocycles. The summed E-state index contributed by atoms with van der Waals surface area (Å²) in [6.07, 6.45) is 13.0. The lowest BCUT2D eigenvalue weighted by atomic mass is 9.55. The van der Waals surface area contributed by atoms with E-state index < -0.39 is 17.8 Å². The van der Waals surface area contributed by atoms with E-state index in [-0.39, 0.29) is 28.5 Å². The van der Waals surface area contributed by atoms with E-state index in [0.29, 0.717) is 11.8 Å². The van der Waals surface area contributed by atoms with Crippen LogP contribution < -0.4 is 5.73 Å². The molecule has 2 spiro atoms. The molecule has 3 aliphatic heterocycles. The van der Waals surface area contributed by atoms with Crippen LogP contribution in [0, 0.1) is 17.3 Å². The third-order valence-corrected chi connectivity index (χ3v) is 12.5. The molecule has 1 aromatic heterocycles. The summed E-state index contributed by atoms with van der Waals surface area (Å²) in [5.74, 6) is 1.14. The number of aliphatic hydroxyl groups excluding tert-OH is 2. The average Bonchev–Trinajstić information content (AvgIpc) is 3.49. The lowest BCUT2D eigenvalue weighted by Crippen LogP contribution is -2.68. The molecule has 1 unspecified atom stereocenters. The van der Waals surface area contributed by atoms with Gasteiger partial charge in [0.15, 0.2) is 0 Å². The van der Waals surface area contributed by atoms with Crippen LogP contribution in [0.15, 0.2) is 60.0 Å². The van der Waals surface area contributed by atoms with Gasteiger partial charge in [-0.15, -0.1) is 0 Å². The minimum absolute atomic E-state index is 0.105. The minimum atomic E-state index is -0.884. The Balaban J connectivity index is 1.12. The van der Waals surface area contributed by atoms with E-state index in [0.717, 1.165) is 44.3 Å². The van der Waals surface area contributed by atoms with E-state index in [9.17, 15) is 10.2 Å². The van der Waals surface area contributed by atoms with E-state index in [2.05, 4.69) is 53.2 Å².